The Hall–Kier alpha value is -1.99. The largest absolute Gasteiger partial charge is 0.460 e. The van der Waals surface area contributed by atoms with Crippen molar-refractivity contribution in [3.05, 3.63) is 60.8 Å². The third-order valence-electron chi connectivity index (χ3n) is 4.92. The molecule has 0 radical (unpaired) electrons. The van der Waals surface area contributed by atoms with E-state index in [-0.39, 0.29) is 30.7 Å². The smallest absolute Gasteiger partial charge is 0.331 e. The zero-order valence-electron chi connectivity index (χ0n) is 17.5. The van der Waals surface area contributed by atoms with Gasteiger partial charge < -0.3 is 24.8 Å². The van der Waals surface area contributed by atoms with Crippen molar-refractivity contribution in [2.24, 2.45) is 0 Å². The fraction of sp³-hybridized carbons (Fsp3) is 0.542. The van der Waals surface area contributed by atoms with Crippen LogP contribution in [0.4, 0.5) is 0 Å². The van der Waals surface area contributed by atoms with E-state index in [1.165, 1.54) is 6.08 Å². The molecule has 0 spiro atoms. The number of hydrogen-bond donors (Lipinski definition) is 3. The number of carbonyl (C=O) groups excluding carboxylic acids is 1. The lowest BCUT2D eigenvalue weighted by atomic mass is 10.1. The van der Waals surface area contributed by atoms with E-state index < -0.39 is 18.3 Å². The molecule has 6 nitrogen and oxygen atoms in total. The maximum Gasteiger partial charge on any atom is 0.331 e. The molecule has 1 fully saturated rings. The molecule has 2 aliphatic rings. The molecule has 3 N–H and O–H groups in total. The van der Waals surface area contributed by atoms with Gasteiger partial charge in [-0.1, -0.05) is 54.7 Å². The predicted octanol–water partition coefficient (Wildman–Crippen LogP) is 2.90. The molecule has 166 valence electrons. The van der Waals surface area contributed by atoms with E-state index in [0.29, 0.717) is 12.8 Å². The van der Waals surface area contributed by atoms with Crippen molar-refractivity contribution in [1.29, 1.82) is 0 Å². The summed E-state index contributed by atoms with van der Waals surface area (Å²) in [5, 5.41) is 30.0. The van der Waals surface area contributed by atoms with E-state index in [2.05, 4.69) is 0 Å². The van der Waals surface area contributed by atoms with Crippen LogP contribution in [0.15, 0.2) is 60.8 Å². The summed E-state index contributed by atoms with van der Waals surface area (Å²) in [7, 11) is 0. The van der Waals surface area contributed by atoms with Gasteiger partial charge in [-0.2, -0.15) is 0 Å². The Morgan fingerprint density at radius 1 is 0.900 bits per heavy atom. The van der Waals surface area contributed by atoms with Gasteiger partial charge in [0.15, 0.2) is 0 Å². The molecular weight excluding hydrogens is 384 g/mol. The standard InChI is InChI=1S/C24H34O6/c1-18-9-8-13-22-23(30-22)16-15-21(27)17-20(26)12-6-2-4-10-19(25)11-5-3-7-14-24(28)29-18/h2-7,10,14-16,18-23,25-27H,8-9,11-13,17H2,1H3/b5-3+,6-2?,10-4?,14-7?,16-15+/t18-,19-,20+,21+,22+,23+/m1/s1. The number of aliphatic hydroxyl groups is 3. The van der Waals surface area contributed by atoms with Gasteiger partial charge in [0.2, 0.25) is 0 Å². The van der Waals surface area contributed by atoms with Crippen LogP contribution in [-0.4, -0.2) is 57.9 Å². The Morgan fingerprint density at radius 3 is 2.50 bits per heavy atom. The van der Waals surface area contributed by atoms with Crippen LogP contribution in [0.3, 0.4) is 0 Å². The van der Waals surface area contributed by atoms with Crippen LogP contribution in [0.5, 0.6) is 0 Å². The highest BCUT2D eigenvalue weighted by molar-refractivity contribution is 5.82. The van der Waals surface area contributed by atoms with Gasteiger partial charge in [0.05, 0.1) is 30.5 Å². The molecule has 2 heterocycles. The molecule has 0 aromatic heterocycles. The molecule has 2 aliphatic heterocycles. The van der Waals surface area contributed by atoms with Crippen LogP contribution in [-0.2, 0) is 14.3 Å². The first kappa shape index (κ1) is 24.3. The Kier molecular flexibility index (Phi) is 10.8. The minimum atomic E-state index is -0.722. The summed E-state index contributed by atoms with van der Waals surface area (Å²) in [4.78, 5) is 11.8. The minimum Gasteiger partial charge on any atom is -0.460 e. The van der Waals surface area contributed by atoms with Gasteiger partial charge in [0.25, 0.3) is 0 Å². The summed E-state index contributed by atoms with van der Waals surface area (Å²) in [6.45, 7) is 1.87. The van der Waals surface area contributed by atoms with Crippen molar-refractivity contribution < 1.29 is 29.6 Å². The van der Waals surface area contributed by atoms with Gasteiger partial charge in [-0.3, -0.25) is 0 Å². The molecule has 0 saturated carbocycles. The first-order chi connectivity index (χ1) is 14.4. The number of allylic oxidation sites excluding steroid dienone is 4. The number of cyclic esters (lactones) is 1. The molecule has 6 atom stereocenters. The number of carbonyl (C=O) groups is 1. The number of rotatable bonds is 0. The van der Waals surface area contributed by atoms with Crippen LogP contribution in [0.1, 0.15) is 45.4 Å². The second-order valence-corrected chi connectivity index (χ2v) is 7.80. The van der Waals surface area contributed by atoms with E-state index in [0.717, 1.165) is 19.3 Å². The Labute approximate surface area is 178 Å². The number of ether oxygens (including phenoxy) is 2. The summed E-state index contributed by atoms with van der Waals surface area (Å²) in [5.41, 5.74) is 0. The van der Waals surface area contributed by atoms with Crippen molar-refractivity contribution in [2.45, 2.75) is 82.1 Å². The lowest BCUT2D eigenvalue weighted by Gasteiger charge is -2.11. The first-order valence-electron chi connectivity index (χ1n) is 10.7. The van der Waals surface area contributed by atoms with Crippen LogP contribution < -0.4 is 0 Å². The summed E-state index contributed by atoms with van der Waals surface area (Å²) in [5.74, 6) is -0.383. The molecule has 30 heavy (non-hydrogen) atoms. The molecule has 0 amide bonds. The molecule has 1 saturated heterocycles. The van der Waals surface area contributed by atoms with Gasteiger partial charge >= 0.3 is 5.97 Å². The maximum atomic E-state index is 11.8. The van der Waals surface area contributed by atoms with Gasteiger partial charge in [-0.15, -0.1) is 0 Å². The predicted molar refractivity (Wildman–Crippen MR) is 116 cm³/mol. The Balaban J connectivity index is 1.90. The monoisotopic (exact) mass is 418 g/mol. The Morgan fingerprint density at radius 2 is 1.67 bits per heavy atom. The normalized spacial score (nSPS) is 36.9. The molecule has 0 bridgehead atoms. The second-order valence-electron chi connectivity index (χ2n) is 7.80. The summed E-state index contributed by atoms with van der Waals surface area (Å²) in [6.07, 6.45) is 18.5. The first-order valence-corrected chi connectivity index (χ1v) is 10.7. The van der Waals surface area contributed by atoms with Crippen LogP contribution in [0.25, 0.3) is 0 Å². The van der Waals surface area contributed by atoms with E-state index in [4.69, 9.17) is 9.47 Å². The highest BCUT2D eigenvalue weighted by Gasteiger charge is 2.35. The van der Waals surface area contributed by atoms with E-state index in [1.807, 2.05) is 13.0 Å². The van der Waals surface area contributed by atoms with Gasteiger partial charge in [0.1, 0.15) is 6.10 Å². The summed E-state index contributed by atoms with van der Waals surface area (Å²) < 4.78 is 10.9. The highest BCUT2D eigenvalue weighted by atomic mass is 16.6. The SMILES string of the molecule is C[C@@H]1CCC[C@@H]2O[C@H]2/C=C/[C@H](O)C[C@@H](O)CC=CC=C[C@@H](O)C/C=C/C=CC(=O)O1. The van der Waals surface area contributed by atoms with Crippen LogP contribution >= 0.6 is 0 Å². The van der Waals surface area contributed by atoms with Gasteiger partial charge in [-0.25, -0.2) is 4.79 Å². The quantitative estimate of drug-likeness (QED) is 0.318. The average Bonchev–Trinajstić information content (AvgIpc) is 3.43. The summed E-state index contributed by atoms with van der Waals surface area (Å²) >= 11 is 0. The average molecular weight is 419 g/mol. The van der Waals surface area contributed by atoms with Crippen LogP contribution in [0, 0.1) is 0 Å². The zero-order valence-corrected chi connectivity index (χ0v) is 17.5. The lowest BCUT2D eigenvalue weighted by molar-refractivity contribution is -0.142. The molecule has 0 aliphatic carbocycles. The van der Waals surface area contributed by atoms with E-state index >= 15 is 0 Å². The summed E-state index contributed by atoms with van der Waals surface area (Å²) in [6, 6.07) is 0. The molecular formula is C24H34O6. The molecule has 0 aromatic rings. The molecule has 6 heteroatoms. The molecule has 0 unspecified atom stereocenters. The van der Waals surface area contributed by atoms with Crippen molar-refractivity contribution in [1.82, 2.24) is 0 Å². The number of hydrogen-bond acceptors (Lipinski definition) is 6. The minimum absolute atomic E-state index is 0.00590. The van der Waals surface area contributed by atoms with Crippen molar-refractivity contribution in [3.8, 4) is 0 Å². The lowest BCUT2D eigenvalue weighted by Crippen LogP contribution is -2.15. The zero-order chi connectivity index (χ0) is 21.8. The number of aliphatic hydroxyl groups excluding tert-OH is 3. The van der Waals surface area contributed by atoms with E-state index in [9.17, 15) is 20.1 Å². The molecule has 2 rings (SSSR count). The van der Waals surface area contributed by atoms with Gasteiger partial charge in [0, 0.05) is 12.5 Å². The topological polar surface area (TPSA) is 99.5 Å². The maximum absolute atomic E-state index is 11.8. The number of esters is 1. The van der Waals surface area contributed by atoms with Crippen molar-refractivity contribution >= 4 is 5.97 Å². The third kappa shape index (κ3) is 10.7. The second kappa shape index (κ2) is 13.3. The number of fused-ring (bicyclic) bond motifs is 1. The van der Waals surface area contributed by atoms with Crippen LogP contribution in [0.2, 0.25) is 0 Å². The third-order valence-corrected chi connectivity index (χ3v) is 4.92. The van der Waals surface area contributed by atoms with E-state index in [1.54, 1.807) is 48.6 Å². The van der Waals surface area contributed by atoms with Crippen molar-refractivity contribution in [3.63, 3.8) is 0 Å². The van der Waals surface area contributed by atoms with Crippen molar-refractivity contribution in [2.75, 3.05) is 0 Å². The fourth-order valence-corrected chi connectivity index (χ4v) is 3.17. The molecule has 0 aromatic carbocycles. The van der Waals surface area contributed by atoms with Gasteiger partial charge in [-0.05, 0) is 39.0 Å². The highest BCUT2D eigenvalue weighted by Crippen LogP contribution is 2.29. The Bertz CT molecular complexity index is 663. The fourth-order valence-electron chi connectivity index (χ4n) is 3.17. The number of epoxide rings is 1.